The molecule has 66 valence electrons. The van der Waals surface area contributed by atoms with Crippen LogP contribution in [0.25, 0.3) is 11.4 Å². The number of aryl methyl sites for hydroxylation is 1. The normalized spacial score (nSPS) is 10.3. The molecule has 0 saturated carbocycles. The summed E-state index contributed by atoms with van der Waals surface area (Å²) in [4.78, 5) is 7.30. The van der Waals surface area contributed by atoms with Gasteiger partial charge in [0.15, 0.2) is 0 Å². The number of H-pyrrole nitrogens is 1. The molecule has 1 heterocycles. The monoisotopic (exact) mass is 236 g/mol. The molecule has 0 unspecified atom stereocenters. The average molecular weight is 237 g/mol. The largest absolute Gasteiger partial charge is 0.345 e. The summed E-state index contributed by atoms with van der Waals surface area (Å²) in [5.74, 6) is 0.916. The van der Waals surface area contributed by atoms with Gasteiger partial charge in [0.2, 0.25) is 0 Å². The third-order valence-corrected chi connectivity index (χ3v) is 2.45. The van der Waals surface area contributed by atoms with Crippen LogP contribution in [0.2, 0.25) is 0 Å². The van der Waals surface area contributed by atoms with Crippen molar-refractivity contribution in [2.24, 2.45) is 0 Å². The topological polar surface area (TPSA) is 28.7 Å². The Labute approximate surface area is 85.1 Å². The first-order chi connectivity index (χ1) is 6.27. The number of benzene rings is 1. The lowest BCUT2D eigenvalue weighted by Gasteiger charge is -2.02. The number of hydrogen-bond acceptors (Lipinski definition) is 1. The van der Waals surface area contributed by atoms with E-state index in [2.05, 4.69) is 45.0 Å². The number of imidazole rings is 1. The molecular weight excluding hydrogens is 228 g/mol. The fourth-order valence-corrected chi connectivity index (χ4v) is 1.62. The zero-order chi connectivity index (χ0) is 9.26. The Hall–Kier alpha value is -1.09. The fourth-order valence-electron chi connectivity index (χ4n) is 1.26. The first-order valence-electron chi connectivity index (χ1n) is 4.03. The van der Waals surface area contributed by atoms with Crippen LogP contribution in [0.5, 0.6) is 0 Å². The highest BCUT2D eigenvalue weighted by atomic mass is 79.9. The van der Waals surface area contributed by atoms with Crippen LogP contribution in [0, 0.1) is 6.92 Å². The van der Waals surface area contributed by atoms with Crippen molar-refractivity contribution in [3.05, 3.63) is 40.6 Å². The van der Waals surface area contributed by atoms with Crippen LogP contribution in [0.15, 0.2) is 35.1 Å². The van der Waals surface area contributed by atoms with Crippen molar-refractivity contribution in [2.75, 3.05) is 0 Å². The van der Waals surface area contributed by atoms with Gasteiger partial charge >= 0.3 is 0 Å². The van der Waals surface area contributed by atoms with E-state index in [9.17, 15) is 0 Å². The predicted molar refractivity (Wildman–Crippen MR) is 56.5 cm³/mol. The molecule has 0 spiro atoms. The summed E-state index contributed by atoms with van der Waals surface area (Å²) in [6, 6.07) is 6.16. The summed E-state index contributed by atoms with van der Waals surface area (Å²) in [7, 11) is 0. The lowest BCUT2D eigenvalue weighted by Crippen LogP contribution is -1.84. The predicted octanol–water partition coefficient (Wildman–Crippen LogP) is 3.15. The molecule has 2 rings (SSSR count). The molecule has 0 aliphatic rings. The standard InChI is InChI=1S/C10H9BrN2/c1-7-2-3-8(11)6-9(7)10-12-4-5-13-10/h2-6H,1H3,(H,12,13). The Balaban J connectivity index is 2.57. The number of aromatic amines is 1. The Bertz CT molecular complexity index is 407. The molecular formula is C10H9BrN2. The van der Waals surface area contributed by atoms with Crippen LogP contribution in [-0.2, 0) is 0 Å². The van der Waals surface area contributed by atoms with Gasteiger partial charge in [-0.15, -0.1) is 0 Å². The molecule has 1 aromatic carbocycles. The Morgan fingerprint density at radius 2 is 2.23 bits per heavy atom. The molecule has 3 heteroatoms. The minimum atomic E-state index is 0.916. The number of aromatic nitrogens is 2. The summed E-state index contributed by atoms with van der Waals surface area (Å²) in [5, 5.41) is 0. The summed E-state index contributed by atoms with van der Waals surface area (Å²) >= 11 is 3.44. The second-order valence-corrected chi connectivity index (χ2v) is 3.81. The maximum Gasteiger partial charge on any atom is 0.137 e. The van der Waals surface area contributed by atoms with Crippen LogP contribution in [-0.4, -0.2) is 9.97 Å². The van der Waals surface area contributed by atoms with E-state index in [-0.39, 0.29) is 0 Å². The van der Waals surface area contributed by atoms with Gasteiger partial charge in [0.25, 0.3) is 0 Å². The first-order valence-corrected chi connectivity index (χ1v) is 4.82. The van der Waals surface area contributed by atoms with Gasteiger partial charge in [0, 0.05) is 22.4 Å². The average Bonchev–Trinajstić information content (AvgIpc) is 2.61. The maximum absolute atomic E-state index is 4.21. The quantitative estimate of drug-likeness (QED) is 0.810. The lowest BCUT2D eigenvalue weighted by atomic mass is 10.1. The molecule has 0 bridgehead atoms. The van der Waals surface area contributed by atoms with Gasteiger partial charge < -0.3 is 4.98 Å². The van der Waals surface area contributed by atoms with Crippen molar-refractivity contribution in [1.82, 2.24) is 9.97 Å². The van der Waals surface area contributed by atoms with Gasteiger partial charge in [0.1, 0.15) is 5.82 Å². The third kappa shape index (κ3) is 1.65. The van der Waals surface area contributed by atoms with Crippen molar-refractivity contribution >= 4 is 15.9 Å². The van der Waals surface area contributed by atoms with Gasteiger partial charge in [0.05, 0.1) is 0 Å². The SMILES string of the molecule is Cc1ccc(Br)cc1-c1ncc[nH]1. The van der Waals surface area contributed by atoms with E-state index in [0.717, 1.165) is 15.9 Å². The zero-order valence-corrected chi connectivity index (χ0v) is 8.80. The smallest absolute Gasteiger partial charge is 0.137 e. The molecule has 2 nitrogen and oxygen atoms in total. The number of nitrogens with one attached hydrogen (secondary N) is 1. The van der Waals surface area contributed by atoms with Crippen molar-refractivity contribution < 1.29 is 0 Å². The molecule has 0 aliphatic heterocycles. The highest BCUT2D eigenvalue weighted by Gasteiger charge is 2.03. The van der Waals surface area contributed by atoms with Crippen molar-refractivity contribution in [1.29, 1.82) is 0 Å². The van der Waals surface area contributed by atoms with Crippen molar-refractivity contribution in [2.45, 2.75) is 6.92 Å². The highest BCUT2D eigenvalue weighted by Crippen LogP contribution is 2.23. The number of hydrogen-bond donors (Lipinski definition) is 1. The van der Waals surface area contributed by atoms with Crippen LogP contribution in [0.1, 0.15) is 5.56 Å². The Kier molecular flexibility index (Phi) is 2.19. The van der Waals surface area contributed by atoms with E-state index in [0.29, 0.717) is 0 Å². The number of rotatable bonds is 1. The first kappa shape index (κ1) is 8.51. The maximum atomic E-state index is 4.21. The van der Waals surface area contributed by atoms with Gasteiger partial charge in [-0.2, -0.15) is 0 Å². The van der Waals surface area contributed by atoms with Gasteiger partial charge in [-0.25, -0.2) is 4.98 Å². The summed E-state index contributed by atoms with van der Waals surface area (Å²) in [6.45, 7) is 2.07. The summed E-state index contributed by atoms with van der Waals surface area (Å²) in [5.41, 5.74) is 2.36. The molecule has 1 N–H and O–H groups in total. The highest BCUT2D eigenvalue weighted by molar-refractivity contribution is 9.10. The lowest BCUT2D eigenvalue weighted by molar-refractivity contribution is 1.28. The third-order valence-electron chi connectivity index (χ3n) is 1.95. The van der Waals surface area contributed by atoms with Crippen LogP contribution in [0.3, 0.4) is 0 Å². The van der Waals surface area contributed by atoms with E-state index in [1.807, 2.05) is 12.3 Å². The fraction of sp³-hybridized carbons (Fsp3) is 0.100. The molecule has 0 aliphatic carbocycles. The zero-order valence-electron chi connectivity index (χ0n) is 7.21. The molecule has 0 fully saturated rings. The van der Waals surface area contributed by atoms with E-state index < -0.39 is 0 Å². The Morgan fingerprint density at radius 3 is 2.92 bits per heavy atom. The molecule has 0 radical (unpaired) electrons. The van der Waals surface area contributed by atoms with Crippen molar-refractivity contribution in [3.63, 3.8) is 0 Å². The van der Waals surface area contributed by atoms with E-state index >= 15 is 0 Å². The minimum Gasteiger partial charge on any atom is -0.345 e. The molecule has 0 amide bonds. The van der Waals surface area contributed by atoms with Gasteiger partial charge in [-0.1, -0.05) is 22.0 Å². The van der Waals surface area contributed by atoms with E-state index in [4.69, 9.17) is 0 Å². The number of nitrogens with zero attached hydrogens (tertiary/aromatic N) is 1. The molecule has 0 saturated heterocycles. The van der Waals surface area contributed by atoms with Crippen LogP contribution >= 0.6 is 15.9 Å². The molecule has 2 aromatic rings. The summed E-state index contributed by atoms with van der Waals surface area (Å²) < 4.78 is 1.07. The molecule has 1 aromatic heterocycles. The van der Waals surface area contributed by atoms with Crippen molar-refractivity contribution in [3.8, 4) is 11.4 Å². The second-order valence-electron chi connectivity index (χ2n) is 2.90. The second kappa shape index (κ2) is 3.34. The van der Waals surface area contributed by atoms with Crippen LogP contribution < -0.4 is 0 Å². The Morgan fingerprint density at radius 1 is 1.38 bits per heavy atom. The van der Waals surface area contributed by atoms with E-state index in [1.165, 1.54) is 5.56 Å². The van der Waals surface area contributed by atoms with Gasteiger partial charge in [-0.3, -0.25) is 0 Å². The summed E-state index contributed by atoms with van der Waals surface area (Å²) in [6.07, 6.45) is 3.59. The van der Waals surface area contributed by atoms with E-state index in [1.54, 1.807) is 6.20 Å². The minimum absolute atomic E-state index is 0.916. The molecule has 0 atom stereocenters. The van der Waals surface area contributed by atoms with Gasteiger partial charge in [-0.05, 0) is 24.6 Å². The number of halogens is 1. The molecule has 13 heavy (non-hydrogen) atoms. The van der Waals surface area contributed by atoms with Crippen LogP contribution in [0.4, 0.5) is 0 Å².